The standard InChI is InChI=1S/C35H32N2/c1-34(2,3)22-16-18-27-28(19-22)30(21-36)24-17-15-23(35(4,5)6)20-29(24)33(27)37-31-13-9-7-11-25(31)26-12-8-10-14-32(26)37/h7-20H,1-6H3. The number of para-hydroxylation sites is 2. The van der Waals surface area contributed by atoms with Gasteiger partial charge in [0.15, 0.2) is 0 Å². The van der Waals surface area contributed by atoms with Crippen LogP contribution >= 0.6 is 0 Å². The van der Waals surface area contributed by atoms with Crippen molar-refractivity contribution in [2.24, 2.45) is 0 Å². The van der Waals surface area contributed by atoms with Crippen molar-refractivity contribution < 1.29 is 0 Å². The highest BCUT2D eigenvalue weighted by Crippen LogP contribution is 2.42. The third-order valence-corrected chi connectivity index (χ3v) is 7.74. The topological polar surface area (TPSA) is 28.7 Å². The van der Waals surface area contributed by atoms with Crippen LogP contribution in [0.3, 0.4) is 0 Å². The molecule has 0 saturated heterocycles. The normalized spacial score (nSPS) is 12.6. The number of fused-ring (bicyclic) bond motifs is 5. The van der Waals surface area contributed by atoms with Crippen molar-refractivity contribution in [3.63, 3.8) is 0 Å². The van der Waals surface area contributed by atoms with Crippen molar-refractivity contribution in [1.82, 2.24) is 4.57 Å². The molecule has 0 aliphatic heterocycles. The lowest BCUT2D eigenvalue weighted by atomic mass is 9.82. The molecule has 1 aromatic heterocycles. The van der Waals surface area contributed by atoms with E-state index >= 15 is 0 Å². The van der Waals surface area contributed by atoms with Gasteiger partial charge in [-0.1, -0.05) is 102 Å². The highest BCUT2D eigenvalue weighted by Gasteiger charge is 2.23. The molecule has 5 aromatic carbocycles. The second-order valence-electron chi connectivity index (χ2n) is 12.2. The number of hydrogen-bond acceptors (Lipinski definition) is 1. The summed E-state index contributed by atoms with van der Waals surface area (Å²) in [4.78, 5) is 0. The molecule has 0 unspecified atom stereocenters. The number of rotatable bonds is 1. The summed E-state index contributed by atoms with van der Waals surface area (Å²) in [7, 11) is 0. The van der Waals surface area contributed by atoms with Crippen LogP contribution in [0.4, 0.5) is 0 Å². The van der Waals surface area contributed by atoms with Crippen molar-refractivity contribution in [1.29, 1.82) is 5.26 Å². The van der Waals surface area contributed by atoms with E-state index in [2.05, 4.69) is 137 Å². The summed E-state index contributed by atoms with van der Waals surface area (Å²) >= 11 is 0. The molecule has 0 fully saturated rings. The zero-order valence-corrected chi connectivity index (χ0v) is 22.5. The Bertz CT molecular complexity index is 1840. The van der Waals surface area contributed by atoms with E-state index in [4.69, 9.17) is 0 Å². The van der Waals surface area contributed by atoms with E-state index in [1.165, 1.54) is 32.9 Å². The Kier molecular flexibility index (Phi) is 5.01. The molecule has 0 aliphatic carbocycles. The van der Waals surface area contributed by atoms with Gasteiger partial charge in [0.25, 0.3) is 0 Å². The lowest BCUT2D eigenvalue weighted by molar-refractivity contribution is 0.590. The van der Waals surface area contributed by atoms with Crippen molar-refractivity contribution in [3.05, 3.63) is 102 Å². The van der Waals surface area contributed by atoms with E-state index in [1.807, 2.05) is 0 Å². The Labute approximate surface area is 218 Å². The molecule has 6 rings (SSSR count). The molecule has 1 heterocycles. The van der Waals surface area contributed by atoms with Crippen LogP contribution in [-0.4, -0.2) is 4.57 Å². The number of hydrogen-bond donors (Lipinski definition) is 0. The van der Waals surface area contributed by atoms with Crippen molar-refractivity contribution in [2.45, 2.75) is 52.4 Å². The molecular formula is C35H32N2. The fourth-order valence-corrected chi connectivity index (χ4v) is 5.66. The average molecular weight is 481 g/mol. The maximum absolute atomic E-state index is 10.5. The molecule has 2 heteroatoms. The van der Waals surface area contributed by atoms with Crippen LogP contribution in [0.25, 0.3) is 49.0 Å². The smallest absolute Gasteiger partial charge is 0.100 e. The Morgan fingerprint density at radius 1 is 0.541 bits per heavy atom. The Hall–Kier alpha value is -4.09. The third-order valence-electron chi connectivity index (χ3n) is 7.74. The zero-order chi connectivity index (χ0) is 26.1. The Morgan fingerprint density at radius 2 is 1.03 bits per heavy atom. The van der Waals surface area contributed by atoms with E-state index < -0.39 is 0 Å². The van der Waals surface area contributed by atoms with Gasteiger partial charge in [0.2, 0.25) is 0 Å². The second-order valence-corrected chi connectivity index (χ2v) is 12.2. The maximum atomic E-state index is 10.5. The first-order valence-electron chi connectivity index (χ1n) is 13.0. The van der Waals surface area contributed by atoms with Crippen molar-refractivity contribution in [3.8, 4) is 11.8 Å². The third kappa shape index (κ3) is 3.53. The number of nitrogens with zero attached hydrogens (tertiary/aromatic N) is 2. The number of benzene rings is 5. The molecule has 0 N–H and O–H groups in total. The fraction of sp³-hybridized carbons (Fsp3) is 0.229. The van der Waals surface area contributed by atoms with Crippen LogP contribution < -0.4 is 0 Å². The monoisotopic (exact) mass is 480 g/mol. The van der Waals surface area contributed by atoms with Gasteiger partial charge < -0.3 is 4.57 Å². The summed E-state index contributed by atoms with van der Waals surface area (Å²) in [6.45, 7) is 13.4. The fourth-order valence-electron chi connectivity index (χ4n) is 5.66. The van der Waals surface area contributed by atoms with Gasteiger partial charge in [-0.05, 0) is 46.2 Å². The molecular weight excluding hydrogens is 448 g/mol. The Balaban J connectivity index is 1.90. The maximum Gasteiger partial charge on any atom is 0.100 e. The van der Waals surface area contributed by atoms with Gasteiger partial charge in [0.05, 0.1) is 22.3 Å². The first kappa shape index (κ1) is 23.3. The molecule has 0 saturated carbocycles. The molecule has 0 amide bonds. The van der Waals surface area contributed by atoms with Crippen molar-refractivity contribution in [2.75, 3.05) is 0 Å². The molecule has 0 bridgehead atoms. The predicted octanol–water partition coefficient (Wildman–Crippen LogP) is 9.56. The molecule has 0 radical (unpaired) electrons. The van der Waals surface area contributed by atoms with Gasteiger partial charge in [-0.15, -0.1) is 0 Å². The zero-order valence-electron chi connectivity index (χ0n) is 22.5. The number of nitriles is 1. The molecule has 0 spiro atoms. The van der Waals surface area contributed by atoms with Crippen molar-refractivity contribution >= 4 is 43.4 Å². The van der Waals surface area contributed by atoms with E-state index in [0.717, 1.165) is 32.8 Å². The molecule has 6 aromatic rings. The minimum Gasteiger partial charge on any atom is -0.308 e. The van der Waals surface area contributed by atoms with Crippen LogP contribution in [-0.2, 0) is 10.8 Å². The first-order valence-corrected chi connectivity index (χ1v) is 13.0. The quantitative estimate of drug-likeness (QED) is 0.215. The Morgan fingerprint density at radius 3 is 1.54 bits per heavy atom. The molecule has 0 atom stereocenters. The minimum atomic E-state index is -0.0149. The highest BCUT2D eigenvalue weighted by molar-refractivity contribution is 6.17. The largest absolute Gasteiger partial charge is 0.308 e. The van der Waals surface area contributed by atoms with E-state index in [0.29, 0.717) is 0 Å². The molecule has 37 heavy (non-hydrogen) atoms. The van der Waals surface area contributed by atoms with Crippen LogP contribution in [0.5, 0.6) is 0 Å². The predicted molar refractivity (Wildman–Crippen MR) is 158 cm³/mol. The summed E-state index contributed by atoms with van der Waals surface area (Å²) in [6, 6.07) is 33.3. The van der Waals surface area contributed by atoms with E-state index in [9.17, 15) is 5.26 Å². The molecule has 182 valence electrons. The lowest BCUT2D eigenvalue weighted by Gasteiger charge is -2.24. The van der Waals surface area contributed by atoms with Crippen LogP contribution in [0, 0.1) is 11.3 Å². The summed E-state index contributed by atoms with van der Waals surface area (Å²) < 4.78 is 2.42. The summed E-state index contributed by atoms with van der Waals surface area (Å²) in [6.07, 6.45) is 0. The van der Waals surface area contributed by atoms with Crippen LogP contribution in [0.15, 0.2) is 84.9 Å². The van der Waals surface area contributed by atoms with Gasteiger partial charge in [-0.25, -0.2) is 0 Å². The van der Waals surface area contributed by atoms with Gasteiger partial charge in [0.1, 0.15) is 6.07 Å². The lowest BCUT2D eigenvalue weighted by Crippen LogP contribution is -2.12. The summed E-state index contributed by atoms with van der Waals surface area (Å²) in [5, 5.41) is 17.2. The molecule has 2 nitrogen and oxygen atoms in total. The summed E-state index contributed by atoms with van der Waals surface area (Å²) in [5.41, 5.74) is 6.72. The SMILES string of the molecule is CC(C)(C)c1ccc2c(-n3c4ccccc4c4ccccc43)c3cc(C(C)(C)C)ccc3c(C#N)c2c1. The van der Waals surface area contributed by atoms with Crippen LogP contribution in [0.2, 0.25) is 0 Å². The van der Waals surface area contributed by atoms with Gasteiger partial charge in [-0.3, -0.25) is 0 Å². The van der Waals surface area contributed by atoms with Gasteiger partial charge in [0, 0.05) is 32.3 Å². The van der Waals surface area contributed by atoms with Gasteiger partial charge >= 0.3 is 0 Å². The minimum absolute atomic E-state index is 0.00978. The second kappa shape index (κ2) is 7.95. The first-order chi connectivity index (χ1) is 17.6. The highest BCUT2D eigenvalue weighted by atomic mass is 15.0. The van der Waals surface area contributed by atoms with E-state index in [1.54, 1.807) is 0 Å². The van der Waals surface area contributed by atoms with Gasteiger partial charge in [-0.2, -0.15) is 5.26 Å². The molecule has 0 aliphatic rings. The summed E-state index contributed by atoms with van der Waals surface area (Å²) in [5.74, 6) is 0. The number of aromatic nitrogens is 1. The van der Waals surface area contributed by atoms with E-state index in [-0.39, 0.29) is 10.8 Å². The van der Waals surface area contributed by atoms with Crippen LogP contribution in [0.1, 0.15) is 58.2 Å². The average Bonchev–Trinajstić information content (AvgIpc) is 3.19.